The summed E-state index contributed by atoms with van der Waals surface area (Å²) in [7, 11) is 0. The van der Waals surface area contributed by atoms with Gasteiger partial charge in [-0.05, 0) is 42.9 Å². The van der Waals surface area contributed by atoms with Crippen LogP contribution in [0, 0.1) is 17.8 Å². The average molecular weight is 364 g/mol. The van der Waals surface area contributed by atoms with Crippen LogP contribution in [-0.2, 0) is 4.79 Å². The van der Waals surface area contributed by atoms with Crippen molar-refractivity contribution in [1.29, 1.82) is 0 Å². The Balaban J connectivity index is 2.23. The summed E-state index contributed by atoms with van der Waals surface area (Å²) < 4.78 is 0. The first-order valence-corrected chi connectivity index (χ1v) is 8.97. The number of carbonyl (C=O) groups is 1. The topological polar surface area (TPSA) is 118 Å². The third kappa shape index (κ3) is 2.26. The van der Waals surface area contributed by atoms with Gasteiger partial charge in [-0.1, -0.05) is 25.7 Å². The van der Waals surface area contributed by atoms with Crippen molar-refractivity contribution < 1.29 is 30.3 Å². The minimum Gasteiger partial charge on any atom is -0.392 e. The number of Topliss-reactive ketones (excluding diaryl/α,β-unsaturated/α-hetero) is 1. The number of ketones is 1. The van der Waals surface area contributed by atoms with Gasteiger partial charge in [-0.3, -0.25) is 4.79 Å². The Hall–Kier alpha value is -1.31. The van der Waals surface area contributed by atoms with Gasteiger partial charge < -0.3 is 25.5 Å². The molecule has 0 radical (unpaired) electrons. The molecule has 3 rings (SSSR count). The molecule has 1 fully saturated rings. The summed E-state index contributed by atoms with van der Waals surface area (Å²) in [6.45, 7) is 8.31. The van der Waals surface area contributed by atoms with Crippen LogP contribution in [0.4, 0.5) is 0 Å². The van der Waals surface area contributed by atoms with E-state index in [2.05, 4.69) is 6.58 Å². The van der Waals surface area contributed by atoms with Crippen molar-refractivity contribution in [2.75, 3.05) is 6.61 Å². The predicted molar refractivity (Wildman–Crippen MR) is 95.0 cm³/mol. The van der Waals surface area contributed by atoms with E-state index in [1.165, 1.54) is 6.08 Å². The Bertz CT molecular complexity index is 724. The zero-order chi connectivity index (χ0) is 19.7. The van der Waals surface area contributed by atoms with E-state index in [-0.39, 0.29) is 12.8 Å². The maximum absolute atomic E-state index is 12.7. The first-order valence-electron chi connectivity index (χ1n) is 8.97. The van der Waals surface area contributed by atoms with E-state index in [1.54, 1.807) is 26.8 Å². The fraction of sp³-hybridized carbons (Fsp3) is 0.650. The zero-order valence-electron chi connectivity index (χ0n) is 15.4. The first-order chi connectivity index (χ1) is 11.9. The second kappa shape index (κ2) is 5.84. The molecule has 0 saturated heterocycles. The molecule has 0 bridgehead atoms. The van der Waals surface area contributed by atoms with Gasteiger partial charge in [0.25, 0.3) is 0 Å². The van der Waals surface area contributed by atoms with Gasteiger partial charge in [0.1, 0.15) is 11.2 Å². The van der Waals surface area contributed by atoms with Gasteiger partial charge in [-0.15, -0.1) is 0 Å². The van der Waals surface area contributed by atoms with E-state index < -0.39 is 53.1 Å². The molecular formula is C20H28O6. The molecule has 0 amide bonds. The summed E-state index contributed by atoms with van der Waals surface area (Å²) in [6, 6.07) is 0. The quantitative estimate of drug-likeness (QED) is 0.448. The van der Waals surface area contributed by atoms with Gasteiger partial charge in [0.15, 0.2) is 5.78 Å². The lowest BCUT2D eigenvalue weighted by molar-refractivity contribution is -0.223. The minimum absolute atomic E-state index is 0.0481. The zero-order valence-corrected chi connectivity index (χ0v) is 15.4. The summed E-state index contributed by atoms with van der Waals surface area (Å²) in [5.74, 6) is -2.92. The number of hydrogen-bond donors (Lipinski definition) is 5. The SMILES string of the molecule is C=C(C)[C@]1(O)C[C@H](C)[C@@]2(O)[C@@H](C=C(CO)C[C@]3(O)C(=O)C(C)=C[C@@H]23)[C@@H]1O. The summed E-state index contributed by atoms with van der Waals surface area (Å²) >= 11 is 0. The fourth-order valence-electron chi connectivity index (χ4n) is 5.21. The van der Waals surface area contributed by atoms with Gasteiger partial charge in [-0.2, -0.15) is 0 Å². The van der Waals surface area contributed by atoms with Crippen LogP contribution in [0.25, 0.3) is 0 Å². The molecule has 7 atom stereocenters. The summed E-state index contributed by atoms with van der Waals surface area (Å²) in [5, 5.41) is 54.6. The highest BCUT2D eigenvalue weighted by molar-refractivity contribution is 6.04. The van der Waals surface area contributed by atoms with E-state index in [0.717, 1.165) is 0 Å². The normalized spacial score (nSPS) is 48.2. The lowest BCUT2D eigenvalue weighted by Gasteiger charge is -2.56. The van der Waals surface area contributed by atoms with E-state index in [0.29, 0.717) is 16.7 Å². The van der Waals surface area contributed by atoms with Crippen LogP contribution in [0.1, 0.15) is 33.6 Å². The van der Waals surface area contributed by atoms with Crippen molar-refractivity contribution in [1.82, 2.24) is 0 Å². The number of fused-ring (bicyclic) bond motifs is 3. The Labute approximate surface area is 153 Å². The number of hydrogen-bond acceptors (Lipinski definition) is 6. The van der Waals surface area contributed by atoms with Crippen molar-refractivity contribution in [2.24, 2.45) is 17.8 Å². The van der Waals surface area contributed by atoms with Crippen molar-refractivity contribution in [3.63, 3.8) is 0 Å². The van der Waals surface area contributed by atoms with Crippen molar-refractivity contribution in [2.45, 2.75) is 56.5 Å². The third-order valence-corrected chi connectivity index (χ3v) is 6.80. The van der Waals surface area contributed by atoms with E-state index in [9.17, 15) is 30.3 Å². The highest BCUT2D eigenvalue weighted by Gasteiger charge is 2.67. The smallest absolute Gasteiger partial charge is 0.190 e. The molecule has 0 aliphatic heterocycles. The van der Waals surface area contributed by atoms with Crippen LogP contribution in [-0.4, -0.2) is 60.8 Å². The van der Waals surface area contributed by atoms with E-state index in [4.69, 9.17) is 0 Å². The average Bonchev–Trinajstić information content (AvgIpc) is 2.73. The fourth-order valence-corrected chi connectivity index (χ4v) is 5.21. The maximum atomic E-state index is 12.7. The van der Waals surface area contributed by atoms with Crippen LogP contribution in [0.3, 0.4) is 0 Å². The lowest BCUT2D eigenvalue weighted by Crippen LogP contribution is -2.68. The number of aliphatic hydroxyl groups is 5. The molecule has 0 spiro atoms. The van der Waals surface area contributed by atoms with Crippen LogP contribution in [0.5, 0.6) is 0 Å². The van der Waals surface area contributed by atoms with Crippen molar-refractivity contribution in [3.05, 3.63) is 35.5 Å². The second-order valence-corrected chi connectivity index (χ2v) is 8.41. The molecule has 3 aliphatic carbocycles. The molecule has 6 heteroatoms. The molecular weight excluding hydrogens is 336 g/mol. The van der Waals surface area contributed by atoms with Gasteiger partial charge in [0.2, 0.25) is 0 Å². The highest BCUT2D eigenvalue weighted by atomic mass is 16.4. The second-order valence-electron chi connectivity index (χ2n) is 8.41. The minimum atomic E-state index is -1.87. The molecule has 6 nitrogen and oxygen atoms in total. The molecule has 0 aromatic rings. The third-order valence-electron chi connectivity index (χ3n) is 6.80. The van der Waals surface area contributed by atoms with Gasteiger partial charge in [0.05, 0.1) is 18.3 Å². The lowest BCUT2D eigenvalue weighted by atomic mass is 9.55. The number of carbonyl (C=O) groups excluding carboxylic acids is 1. The molecule has 0 unspecified atom stereocenters. The van der Waals surface area contributed by atoms with Crippen molar-refractivity contribution in [3.8, 4) is 0 Å². The molecule has 3 aliphatic rings. The van der Waals surface area contributed by atoms with Gasteiger partial charge in [0, 0.05) is 18.3 Å². The van der Waals surface area contributed by atoms with E-state index in [1.807, 2.05) is 0 Å². The summed E-state index contributed by atoms with van der Waals surface area (Å²) in [4.78, 5) is 12.7. The van der Waals surface area contributed by atoms with Crippen molar-refractivity contribution >= 4 is 5.78 Å². The Morgan fingerprint density at radius 2 is 1.92 bits per heavy atom. The predicted octanol–water partition coefficient (Wildman–Crippen LogP) is 0.240. The van der Waals surface area contributed by atoms with Gasteiger partial charge >= 0.3 is 0 Å². The Morgan fingerprint density at radius 1 is 1.31 bits per heavy atom. The van der Waals surface area contributed by atoms with Crippen LogP contribution in [0.2, 0.25) is 0 Å². The molecule has 1 saturated carbocycles. The molecule has 0 heterocycles. The highest BCUT2D eigenvalue weighted by Crippen LogP contribution is 2.57. The molecule has 0 aromatic carbocycles. The Morgan fingerprint density at radius 3 is 2.46 bits per heavy atom. The molecule has 5 N–H and O–H groups in total. The number of aliphatic hydroxyl groups excluding tert-OH is 2. The van der Waals surface area contributed by atoms with Crippen LogP contribution >= 0.6 is 0 Å². The molecule has 26 heavy (non-hydrogen) atoms. The number of rotatable bonds is 2. The maximum Gasteiger partial charge on any atom is 0.190 e. The summed E-state index contributed by atoms with van der Waals surface area (Å²) in [6.07, 6.45) is 1.63. The molecule has 0 aromatic heterocycles. The monoisotopic (exact) mass is 364 g/mol. The Kier molecular flexibility index (Phi) is 4.37. The van der Waals surface area contributed by atoms with E-state index >= 15 is 0 Å². The summed E-state index contributed by atoms with van der Waals surface area (Å²) in [5.41, 5.74) is -4.03. The van der Waals surface area contributed by atoms with Crippen LogP contribution < -0.4 is 0 Å². The first kappa shape index (κ1) is 19.5. The standard InChI is InChI=1S/C20H28O6/c1-10(2)18(24)7-12(4)20(26)14(17(18)23)6-13(9-21)8-19(25)15(20)5-11(3)16(19)22/h5-6,12,14-15,17,21,23-26H,1,7-9H2,2-4H3/t12-,14-,15+,17-,18+,19+,20+/m0/s1. The largest absolute Gasteiger partial charge is 0.392 e. The van der Waals surface area contributed by atoms with Gasteiger partial charge in [-0.25, -0.2) is 0 Å². The van der Waals surface area contributed by atoms with Crippen LogP contribution in [0.15, 0.2) is 35.5 Å². The molecule has 144 valence electrons.